The minimum Gasteiger partial charge on any atom is -0.332 e. The van der Waals surface area contributed by atoms with E-state index < -0.39 is 24.7 Å². The molecule has 2 saturated heterocycles. The summed E-state index contributed by atoms with van der Waals surface area (Å²) < 4.78 is 39.3. The van der Waals surface area contributed by atoms with Crippen molar-refractivity contribution in [3.63, 3.8) is 0 Å². The molecule has 1 aromatic rings. The number of hydrogen-bond acceptors (Lipinski definition) is 4. The van der Waals surface area contributed by atoms with Crippen LogP contribution >= 0.6 is 0 Å². The van der Waals surface area contributed by atoms with E-state index in [1.807, 2.05) is 25.7 Å². The highest BCUT2D eigenvalue weighted by Crippen LogP contribution is 2.27. The molecular formula is C20H29F3N4O2. The molecule has 3 rings (SSSR count). The van der Waals surface area contributed by atoms with Crippen molar-refractivity contribution in [3.8, 4) is 0 Å². The molecule has 2 fully saturated rings. The predicted molar refractivity (Wildman–Crippen MR) is 103 cm³/mol. The van der Waals surface area contributed by atoms with E-state index in [1.54, 1.807) is 12.1 Å². The third-order valence-electron chi connectivity index (χ3n) is 5.80. The molecule has 29 heavy (non-hydrogen) atoms. The molecule has 0 N–H and O–H groups in total. The molecule has 9 heteroatoms. The lowest BCUT2D eigenvalue weighted by atomic mass is 9.92. The lowest BCUT2D eigenvalue weighted by molar-refractivity contribution is -0.159. The Morgan fingerprint density at radius 1 is 1.03 bits per heavy atom. The SMILES string of the molecule is CC(C)(C)c1ccc(=O)n(CC2CCN(C3CCN(CC(F)(F)F)C3=O)CC2)n1. The van der Waals surface area contributed by atoms with Crippen LogP contribution < -0.4 is 5.56 Å². The summed E-state index contributed by atoms with van der Waals surface area (Å²) in [6.45, 7) is 6.94. The summed E-state index contributed by atoms with van der Waals surface area (Å²) >= 11 is 0. The number of nitrogens with zero attached hydrogens (tertiary/aromatic N) is 4. The number of rotatable bonds is 4. The lowest BCUT2D eigenvalue weighted by Gasteiger charge is -2.35. The minimum atomic E-state index is -4.36. The molecule has 1 unspecified atom stereocenters. The molecule has 162 valence electrons. The van der Waals surface area contributed by atoms with E-state index in [0.29, 0.717) is 26.1 Å². The molecule has 0 bridgehead atoms. The molecule has 0 radical (unpaired) electrons. The highest BCUT2D eigenvalue weighted by atomic mass is 19.4. The molecule has 0 aromatic carbocycles. The minimum absolute atomic E-state index is 0.130. The van der Waals surface area contributed by atoms with Gasteiger partial charge in [0.15, 0.2) is 0 Å². The van der Waals surface area contributed by atoms with Crippen LogP contribution in [0.3, 0.4) is 0 Å². The number of aromatic nitrogens is 2. The van der Waals surface area contributed by atoms with Crippen LogP contribution in [0.1, 0.15) is 45.7 Å². The van der Waals surface area contributed by atoms with Crippen LogP contribution in [0.4, 0.5) is 13.2 Å². The zero-order valence-corrected chi connectivity index (χ0v) is 17.2. The molecule has 1 aromatic heterocycles. The fourth-order valence-electron chi connectivity index (χ4n) is 4.11. The summed E-state index contributed by atoms with van der Waals surface area (Å²) in [6, 6.07) is 2.86. The van der Waals surface area contributed by atoms with E-state index in [0.717, 1.165) is 23.4 Å². The maximum Gasteiger partial charge on any atom is 0.406 e. The van der Waals surface area contributed by atoms with Gasteiger partial charge in [0, 0.05) is 24.6 Å². The van der Waals surface area contributed by atoms with Gasteiger partial charge in [0.05, 0.1) is 11.7 Å². The molecule has 2 aliphatic heterocycles. The Morgan fingerprint density at radius 3 is 2.28 bits per heavy atom. The zero-order chi connectivity index (χ0) is 21.4. The van der Waals surface area contributed by atoms with Gasteiger partial charge < -0.3 is 4.90 Å². The van der Waals surface area contributed by atoms with Crippen LogP contribution in [0.5, 0.6) is 0 Å². The van der Waals surface area contributed by atoms with E-state index >= 15 is 0 Å². The van der Waals surface area contributed by atoms with E-state index in [9.17, 15) is 22.8 Å². The van der Waals surface area contributed by atoms with E-state index in [4.69, 9.17) is 0 Å². The Bertz CT molecular complexity index is 792. The Morgan fingerprint density at radius 2 is 1.69 bits per heavy atom. The number of carbonyl (C=O) groups excluding carboxylic acids is 1. The quantitative estimate of drug-likeness (QED) is 0.759. The Hall–Kier alpha value is -1.90. The molecule has 0 aliphatic carbocycles. The molecule has 0 spiro atoms. The average Bonchev–Trinajstić information content (AvgIpc) is 2.95. The summed E-state index contributed by atoms with van der Waals surface area (Å²) in [5.74, 6) is -0.161. The van der Waals surface area contributed by atoms with E-state index in [2.05, 4.69) is 5.10 Å². The maximum atomic E-state index is 12.6. The van der Waals surface area contributed by atoms with Crippen molar-refractivity contribution in [2.24, 2.45) is 5.92 Å². The van der Waals surface area contributed by atoms with Crippen LogP contribution in [0.2, 0.25) is 0 Å². The second-order valence-corrected chi connectivity index (χ2v) is 9.15. The maximum absolute atomic E-state index is 12.6. The van der Waals surface area contributed by atoms with Crippen LogP contribution in [0.25, 0.3) is 0 Å². The number of halogens is 3. The Balaban J connectivity index is 1.57. The summed E-state index contributed by atoms with van der Waals surface area (Å²) in [5, 5.41) is 4.51. The monoisotopic (exact) mass is 414 g/mol. The number of likely N-dealkylation sites (tertiary alicyclic amines) is 2. The van der Waals surface area contributed by atoms with Gasteiger partial charge in [-0.05, 0) is 44.3 Å². The highest BCUT2D eigenvalue weighted by molar-refractivity contribution is 5.84. The van der Waals surface area contributed by atoms with Crippen molar-refractivity contribution in [2.75, 3.05) is 26.2 Å². The number of carbonyl (C=O) groups is 1. The van der Waals surface area contributed by atoms with Crippen molar-refractivity contribution in [1.82, 2.24) is 19.6 Å². The average molecular weight is 414 g/mol. The number of hydrogen-bond donors (Lipinski definition) is 0. The highest BCUT2D eigenvalue weighted by Gasteiger charge is 2.42. The third kappa shape index (κ3) is 5.38. The first-order valence-corrected chi connectivity index (χ1v) is 10.1. The first kappa shape index (κ1) is 21.8. The van der Waals surface area contributed by atoms with Gasteiger partial charge in [-0.3, -0.25) is 14.5 Å². The second-order valence-electron chi connectivity index (χ2n) is 9.15. The van der Waals surface area contributed by atoms with Crippen molar-refractivity contribution in [3.05, 3.63) is 28.2 Å². The van der Waals surface area contributed by atoms with Gasteiger partial charge in [-0.1, -0.05) is 20.8 Å². The van der Waals surface area contributed by atoms with Crippen LogP contribution in [0.15, 0.2) is 16.9 Å². The van der Waals surface area contributed by atoms with Gasteiger partial charge in [0.1, 0.15) is 6.54 Å². The molecule has 0 saturated carbocycles. The van der Waals surface area contributed by atoms with Crippen molar-refractivity contribution in [2.45, 2.75) is 64.2 Å². The van der Waals surface area contributed by atoms with Gasteiger partial charge in [-0.25, -0.2) is 4.68 Å². The van der Waals surface area contributed by atoms with Gasteiger partial charge in [0.25, 0.3) is 5.56 Å². The lowest BCUT2D eigenvalue weighted by Crippen LogP contribution is -2.47. The van der Waals surface area contributed by atoms with Crippen molar-refractivity contribution < 1.29 is 18.0 Å². The topological polar surface area (TPSA) is 58.4 Å². The molecule has 3 heterocycles. The van der Waals surface area contributed by atoms with Crippen molar-refractivity contribution >= 4 is 5.91 Å². The molecule has 2 aliphatic rings. The fraction of sp³-hybridized carbons (Fsp3) is 0.750. The smallest absolute Gasteiger partial charge is 0.332 e. The third-order valence-corrected chi connectivity index (χ3v) is 5.80. The van der Waals surface area contributed by atoms with Crippen LogP contribution in [0, 0.1) is 5.92 Å². The first-order chi connectivity index (χ1) is 13.4. The largest absolute Gasteiger partial charge is 0.406 e. The fourth-order valence-corrected chi connectivity index (χ4v) is 4.11. The molecular weight excluding hydrogens is 385 g/mol. The van der Waals surface area contributed by atoms with E-state index in [1.165, 1.54) is 4.68 Å². The number of alkyl halides is 3. The second kappa shape index (κ2) is 8.08. The molecule has 1 atom stereocenters. The predicted octanol–water partition coefficient (Wildman–Crippen LogP) is 2.42. The van der Waals surface area contributed by atoms with Crippen molar-refractivity contribution in [1.29, 1.82) is 0 Å². The van der Waals surface area contributed by atoms with Gasteiger partial charge in [-0.2, -0.15) is 18.3 Å². The number of piperidine rings is 1. The molecule has 6 nitrogen and oxygen atoms in total. The van der Waals surface area contributed by atoms with Crippen LogP contribution in [-0.2, 0) is 16.8 Å². The summed E-state index contributed by atoms with van der Waals surface area (Å²) in [6.07, 6.45) is -2.35. The summed E-state index contributed by atoms with van der Waals surface area (Å²) in [7, 11) is 0. The molecule has 1 amide bonds. The zero-order valence-electron chi connectivity index (χ0n) is 17.2. The standard InChI is InChI=1S/C20H29F3N4O2/c1-19(2,3)16-4-5-17(28)27(24-16)12-14-6-9-25(10-7-14)15-8-11-26(18(15)29)13-20(21,22)23/h4-5,14-15H,6-13H2,1-3H3. The van der Waals surface area contributed by atoms with Gasteiger partial charge in [-0.15, -0.1) is 0 Å². The Kier molecular flexibility index (Phi) is 6.08. The van der Waals surface area contributed by atoms with Gasteiger partial charge in [0.2, 0.25) is 5.91 Å². The summed E-state index contributed by atoms with van der Waals surface area (Å²) in [5.41, 5.74) is 0.578. The Labute approximate surface area is 168 Å². The summed E-state index contributed by atoms with van der Waals surface area (Å²) in [4.78, 5) is 27.5. The number of amides is 1. The van der Waals surface area contributed by atoms with Crippen LogP contribution in [-0.4, -0.2) is 63.9 Å². The van der Waals surface area contributed by atoms with E-state index in [-0.39, 0.29) is 23.4 Å². The van der Waals surface area contributed by atoms with Gasteiger partial charge >= 0.3 is 6.18 Å². The first-order valence-electron chi connectivity index (χ1n) is 10.1. The normalized spacial score (nSPS) is 22.5.